The van der Waals surface area contributed by atoms with Crippen molar-refractivity contribution in [2.45, 2.75) is 39.2 Å². The summed E-state index contributed by atoms with van der Waals surface area (Å²) in [6.07, 6.45) is 1.54. The first-order valence-electron chi connectivity index (χ1n) is 7.05. The highest BCUT2D eigenvalue weighted by atomic mass is 16.5. The van der Waals surface area contributed by atoms with Gasteiger partial charge in [0, 0.05) is 12.2 Å². The van der Waals surface area contributed by atoms with Crippen LogP contribution in [-0.4, -0.2) is 35.2 Å². The Labute approximate surface area is 128 Å². The van der Waals surface area contributed by atoms with Gasteiger partial charge in [-0.2, -0.15) is 0 Å². The molecular weight excluding hydrogens is 286 g/mol. The minimum absolute atomic E-state index is 0.114. The fourth-order valence-electron chi connectivity index (χ4n) is 2.08. The zero-order chi connectivity index (χ0) is 16.3. The van der Waals surface area contributed by atoms with Crippen LogP contribution in [-0.2, 0) is 9.53 Å². The number of nitrogens with one attached hydrogen (secondary N) is 1. The van der Waals surface area contributed by atoms with Crippen LogP contribution < -0.4 is 5.32 Å². The number of carbonyl (C=O) groups excluding carboxylic acids is 2. The summed E-state index contributed by atoms with van der Waals surface area (Å²) in [4.78, 5) is 27.5. The van der Waals surface area contributed by atoms with Gasteiger partial charge in [0.25, 0.3) is 11.6 Å². The van der Waals surface area contributed by atoms with Crippen LogP contribution in [0.3, 0.4) is 0 Å². The highest BCUT2D eigenvalue weighted by Gasteiger charge is 2.17. The number of fused-ring (bicyclic) bond motifs is 1. The van der Waals surface area contributed by atoms with Crippen LogP contribution in [0.15, 0.2) is 16.8 Å². The lowest BCUT2D eigenvalue weighted by Crippen LogP contribution is -2.34. The van der Waals surface area contributed by atoms with Gasteiger partial charge < -0.3 is 14.6 Å². The molecule has 2 heterocycles. The molecule has 118 valence electrons. The van der Waals surface area contributed by atoms with E-state index in [2.05, 4.69) is 20.2 Å². The van der Waals surface area contributed by atoms with Crippen LogP contribution in [0.2, 0.25) is 0 Å². The van der Waals surface area contributed by atoms with Crippen molar-refractivity contribution >= 4 is 23.0 Å². The Kier molecular flexibility index (Phi) is 4.75. The number of aromatic nitrogens is 2. The minimum atomic E-state index is -0.373. The molecule has 0 aliphatic carbocycles. The predicted octanol–water partition coefficient (Wildman–Crippen LogP) is 2.03. The number of hydrogen-bond donors (Lipinski definition) is 1. The molecule has 0 saturated heterocycles. The van der Waals surface area contributed by atoms with E-state index in [1.54, 1.807) is 13.0 Å². The van der Waals surface area contributed by atoms with Crippen molar-refractivity contribution < 1.29 is 18.8 Å². The number of ether oxygens (including phenoxy) is 1. The molecule has 0 aliphatic heterocycles. The van der Waals surface area contributed by atoms with Crippen LogP contribution in [0.4, 0.5) is 0 Å². The average molecular weight is 305 g/mol. The fourth-order valence-corrected chi connectivity index (χ4v) is 2.08. The number of amides is 1. The Morgan fingerprint density at radius 3 is 2.73 bits per heavy atom. The Bertz CT molecular complexity index is 693. The van der Waals surface area contributed by atoms with E-state index in [1.807, 2.05) is 13.8 Å². The van der Waals surface area contributed by atoms with Crippen LogP contribution in [0.1, 0.15) is 49.2 Å². The van der Waals surface area contributed by atoms with Crippen molar-refractivity contribution in [2.75, 3.05) is 7.11 Å². The molecule has 2 aromatic heterocycles. The number of methoxy groups -OCH3 is 1. The lowest BCUT2D eigenvalue weighted by atomic mass is 10.1. The summed E-state index contributed by atoms with van der Waals surface area (Å²) in [6.45, 7) is 5.71. The summed E-state index contributed by atoms with van der Waals surface area (Å²) in [6, 6.07) is 1.37. The first-order chi connectivity index (χ1) is 10.4. The van der Waals surface area contributed by atoms with Crippen LogP contribution in [0, 0.1) is 0 Å². The van der Waals surface area contributed by atoms with Crippen molar-refractivity contribution in [2.24, 2.45) is 0 Å². The Morgan fingerprint density at radius 2 is 2.09 bits per heavy atom. The molecule has 1 unspecified atom stereocenters. The molecule has 0 radical (unpaired) electrons. The Morgan fingerprint density at radius 1 is 1.36 bits per heavy atom. The normalized spacial score (nSPS) is 12.4. The van der Waals surface area contributed by atoms with Crippen molar-refractivity contribution in [1.82, 2.24) is 15.5 Å². The predicted molar refractivity (Wildman–Crippen MR) is 79.5 cm³/mol. The van der Waals surface area contributed by atoms with Gasteiger partial charge in [-0.1, -0.05) is 19.0 Å². The smallest absolute Gasteiger partial charge is 0.307 e. The maximum absolute atomic E-state index is 12.2. The molecular formula is C15H19N3O4. The van der Waals surface area contributed by atoms with Crippen LogP contribution in [0.5, 0.6) is 0 Å². The zero-order valence-electron chi connectivity index (χ0n) is 13.0. The molecule has 0 spiro atoms. The van der Waals surface area contributed by atoms with Gasteiger partial charge in [0.15, 0.2) is 0 Å². The second-order valence-electron chi connectivity index (χ2n) is 5.45. The van der Waals surface area contributed by atoms with Crippen LogP contribution >= 0.6 is 0 Å². The molecule has 22 heavy (non-hydrogen) atoms. The molecule has 0 aromatic carbocycles. The molecule has 2 aromatic rings. The third-order valence-corrected chi connectivity index (χ3v) is 3.24. The van der Waals surface area contributed by atoms with E-state index in [0.29, 0.717) is 11.3 Å². The van der Waals surface area contributed by atoms with Crippen LogP contribution in [0.25, 0.3) is 11.1 Å². The number of rotatable bonds is 5. The molecule has 7 nitrogen and oxygen atoms in total. The lowest BCUT2D eigenvalue weighted by Gasteiger charge is -2.12. The largest absolute Gasteiger partial charge is 0.469 e. The lowest BCUT2D eigenvalue weighted by molar-refractivity contribution is -0.141. The van der Waals surface area contributed by atoms with E-state index in [-0.39, 0.29) is 30.3 Å². The average Bonchev–Trinajstić information content (AvgIpc) is 2.89. The van der Waals surface area contributed by atoms with Crippen molar-refractivity contribution in [3.05, 3.63) is 23.5 Å². The Balaban J connectivity index is 2.17. The molecule has 1 N–H and O–H groups in total. The molecule has 2 rings (SSSR count). The maximum Gasteiger partial charge on any atom is 0.307 e. The van der Waals surface area contributed by atoms with Crippen molar-refractivity contribution in [3.8, 4) is 0 Å². The molecule has 0 bridgehead atoms. The summed E-state index contributed by atoms with van der Waals surface area (Å²) in [5.74, 6) is -0.510. The van der Waals surface area contributed by atoms with E-state index >= 15 is 0 Å². The van der Waals surface area contributed by atoms with E-state index < -0.39 is 0 Å². The maximum atomic E-state index is 12.2. The van der Waals surface area contributed by atoms with Gasteiger partial charge in [0.05, 0.1) is 30.2 Å². The first-order valence-corrected chi connectivity index (χ1v) is 7.05. The summed E-state index contributed by atoms with van der Waals surface area (Å²) >= 11 is 0. The summed E-state index contributed by atoms with van der Waals surface area (Å²) in [7, 11) is 1.31. The summed E-state index contributed by atoms with van der Waals surface area (Å²) in [5, 5.41) is 7.44. The van der Waals surface area contributed by atoms with E-state index in [4.69, 9.17) is 4.52 Å². The number of pyridine rings is 1. The number of carbonyl (C=O) groups is 2. The van der Waals surface area contributed by atoms with Gasteiger partial charge in [0.1, 0.15) is 0 Å². The van der Waals surface area contributed by atoms with Gasteiger partial charge >= 0.3 is 5.97 Å². The third-order valence-electron chi connectivity index (χ3n) is 3.24. The standard InChI is InChI=1S/C15H19N3O4/c1-8(2)13-11-6-10(7-16-15(11)22-18-13)14(20)17-9(3)5-12(19)21-4/h6-9H,5H2,1-4H3,(H,17,20). The SMILES string of the molecule is COC(=O)CC(C)NC(=O)c1cnc2onc(C(C)C)c2c1. The summed E-state index contributed by atoms with van der Waals surface area (Å²) in [5.41, 5.74) is 1.57. The van der Waals surface area contributed by atoms with Crippen molar-refractivity contribution in [1.29, 1.82) is 0 Å². The fraction of sp³-hybridized carbons (Fsp3) is 0.467. The zero-order valence-corrected chi connectivity index (χ0v) is 13.0. The van der Waals surface area contributed by atoms with Crippen molar-refractivity contribution in [3.63, 3.8) is 0 Å². The quantitative estimate of drug-likeness (QED) is 0.849. The second-order valence-corrected chi connectivity index (χ2v) is 5.45. The number of esters is 1. The third kappa shape index (κ3) is 3.41. The topological polar surface area (TPSA) is 94.3 Å². The van der Waals surface area contributed by atoms with Gasteiger partial charge in [0.2, 0.25) is 0 Å². The van der Waals surface area contributed by atoms with Gasteiger partial charge in [-0.3, -0.25) is 9.59 Å². The molecule has 1 amide bonds. The molecule has 0 aliphatic rings. The molecule has 1 atom stereocenters. The first kappa shape index (κ1) is 15.9. The minimum Gasteiger partial charge on any atom is -0.469 e. The Hall–Kier alpha value is -2.44. The van der Waals surface area contributed by atoms with E-state index in [1.165, 1.54) is 13.3 Å². The van der Waals surface area contributed by atoms with Gasteiger partial charge in [-0.15, -0.1) is 0 Å². The highest BCUT2D eigenvalue weighted by Crippen LogP contribution is 2.24. The van der Waals surface area contributed by atoms with Gasteiger partial charge in [-0.05, 0) is 18.9 Å². The second kappa shape index (κ2) is 6.55. The van der Waals surface area contributed by atoms with E-state index in [9.17, 15) is 9.59 Å². The number of nitrogens with zero attached hydrogens (tertiary/aromatic N) is 2. The molecule has 0 saturated carbocycles. The number of hydrogen-bond acceptors (Lipinski definition) is 6. The molecule has 7 heteroatoms. The van der Waals surface area contributed by atoms with Gasteiger partial charge in [-0.25, -0.2) is 4.98 Å². The highest BCUT2D eigenvalue weighted by molar-refractivity contribution is 5.97. The molecule has 0 fully saturated rings. The summed E-state index contributed by atoms with van der Waals surface area (Å²) < 4.78 is 9.71. The monoisotopic (exact) mass is 305 g/mol. The van der Waals surface area contributed by atoms with E-state index in [0.717, 1.165) is 11.1 Å².